The third-order valence-electron chi connectivity index (χ3n) is 3.71. The smallest absolute Gasteiger partial charge is 0.243 e. The minimum Gasteiger partial charge on any atom is -0.493 e. The zero-order valence-electron chi connectivity index (χ0n) is 14.2. The van der Waals surface area contributed by atoms with Crippen molar-refractivity contribution in [3.05, 3.63) is 46.5 Å². The molecule has 0 heterocycles. The predicted octanol–water partition coefficient (Wildman–Crippen LogP) is 4.02. The number of ether oxygens (including phenoxy) is 2. The molecular formula is C18H21ClN2O3. The lowest BCUT2D eigenvalue weighted by Crippen LogP contribution is -2.22. The maximum absolute atomic E-state index is 12.2. The Morgan fingerprint density at radius 1 is 1.08 bits per heavy atom. The maximum atomic E-state index is 12.2. The zero-order chi connectivity index (χ0) is 17.7. The summed E-state index contributed by atoms with van der Waals surface area (Å²) in [6.07, 6.45) is 0. The second-order valence-corrected chi connectivity index (χ2v) is 5.74. The van der Waals surface area contributed by atoms with E-state index < -0.39 is 0 Å². The van der Waals surface area contributed by atoms with E-state index in [2.05, 4.69) is 10.6 Å². The molecule has 6 heteroatoms. The van der Waals surface area contributed by atoms with E-state index in [0.717, 1.165) is 16.8 Å². The first-order chi connectivity index (χ1) is 11.5. The van der Waals surface area contributed by atoms with E-state index in [1.807, 2.05) is 32.0 Å². The Balaban J connectivity index is 2.05. The van der Waals surface area contributed by atoms with E-state index in [1.54, 1.807) is 26.4 Å². The van der Waals surface area contributed by atoms with Crippen molar-refractivity contribution in [2.24, 2.45) is 0 Å². The number of carbonyl (C=O) groups excluding carboxylic acids is 1. The molecule has 0 saturated heterocycles. The molecule has 0 bridgehead atoms. The third kappa shape index (κ3) is 4.11. The molecule has 2 rings (SSSR count). The Morgan fingerprint density at radius 2 is 1.75 bits per heavy atom. The van der Waals surface area contributed by atoms with Crippen molar-refractivity contribution in [2.75, 3.05) is 31.4 Å². The highest BCUT2D eigenvalue weighted by atomic mass is 35.5. The van der Waals surface area contributed by atoms with Crippen molar-refractivity contribution >= 4 is 28.9 Å². The molecule has 0 unspecified atom stereocenters. The summed E-state index contributed by atoms with van der Waals surface area (Å²) in [7, 11) is 3.16. The SMILES string of the molecule is COc1cc(C)c(NCC(=O)Nc2cccc(Cl)c2C)cc1OC. The van der Waals surface area contributed by atoms with Crippen LogP contribution in [0.2, 0.25) is 5.02 Å². The number of hydrogen-bond donors (Lipinski definition) is 2. The second-order valence-electron chi connectivity index (χ2n) is 5.34. The first-order valence-corrected chi connectivity index (χ1v) is 7.85. The molecule has 0 fully saturated rings. The third-order valence-corrected chi connectivity index (χ3v) is 4.12. The summed E-state index contributed by atoms with van der Waals surface area (Å²) in [6, 6.07) is 9.09. The van der Waals surface area contributed by atoms with Gasteiger partial charge in [-0.25, -0.2) is 0 Å². The minimum atomic E-state index is -0.158. The topological polar surface area (TPSA) is 59.6 Å². The molecule has 0 spiro atoms. The first-order valence-electron chi connectivity index (χ1n) is 7.47. The van der Waals surface area contributed by atoms with Crippen LogP contribution in [-0.2, 0) is 4.79 Å². The summed E-state index contributed by atoms with van der Waals surface area (Å²) in [5.74, 6) is 1.10. The molecule has 0 aliphatic rings. The summed E-state index contributed by atoms with van der Waals surface area (Å²) in [5, 5.41) is 6.58. The molecule has 0 radical (unpaired) electrons. The molecule has 128 valence electrons. The monoisotopic (exact) mass is 348 g/mol. The lowest BCUT2D eigenvalue weighted by atomic mass is 10.1. The van der Waals surface area contributed by atoms with Gasteiger partial charge in [-0.3, -0.25) is 4.79 Å². The van der Waals surface area contributed by atoms with Crippen LogP contribution in [0.5, 0.6) is 11.5 Å². The van der Waals surface area contributed by atoms with Crippen LogP contribution >= 0.6 is 11.6 Å². The molecule has 1 amide bonds. The van der Waals surface area contributed by atoms with Crippen molar-refractivity contribution in [1.82, 2.24) is 0 Å². The number of anilines is 2. The molecule has 0 saturated carbocycles. The number of nitrogens with one attached hydrogen (secondary N) is 2. The van der Waals surface area contributed by atoms with Gasteiger partial charge in [-0.1, -0.05) is 17.7 Å². The summed E-state index contributed by atoms with van der Waals surface area (Å²) >= 11 is 6.06. The van der Waals surface area contributed by atoms with Gasteiger partial charge in [0.15, 0.2) is 11.5 Å². The Bertz CT molecular complexity index is 747. The standard InChI is InChI=1S/C18H21ClN2O3/c1-11-8-16(23-3)17(24-4)9-15(11)20-10-18(22)21-14-7-5-6-13(19)12(14)2/h5-9,20H,10H2,1-4H3,(H,21,22). The van der Waals surface area contributed by atoms with Gasteiger partial charge in [0.25, 0.3) is 0 Å². The van der Waals surface area contributed by atoms with Crippen LogP contribution < -0.4 is 20.1 Å². The van der Waals surface area contributed by atoms with Crippen molar-refractivity contribution in [2.45, 2.75) is 13.8 Å². The normalized spacial score (nSPS) is 10.2. The van der Waals surface area contributed by atoms with Gasteiger partial charge in [0, 0.05) is 22.5 Å². The van der Waals surface area contributed by atoms with Gasteiger partial charge in [0.05, 0.1) is 20.8 Å². The highest BCUT2D eigenvalue weighted by Crippen LogP contribution is 2.32. The van der Waals surface area contributed by atoms with Crippen LogP contribution in [0.3, 0.4) is 0 Å². The van der Waals surface area contributed by atoms with Gasteiger partial charge in [0.1, 0.15) is 0 Å². The summed E-state index contributed by atoms with van der Waals surface area (Å²) in [4.78, 5) is 12.2. The molecule has 2 N–H and O–H groups in total. The number of rotatable bonds is 6. The number of halogens is 1. The average molecular weight is 349 g/mol. The number of benzene rings is 2. The number of amides is 1. The Kier molecular flexibility index (Phi) is 5.93. The average Bonchev–Trinajstić information content (AvgIpc) is 2.57. The fourth-order valence-corrected chi connectivity index (χ4v) is 2.46. The van der Waals surface area contributed by atoms with E-state index in [1.165, 1.54) is 0 Å². The first kappa shape index (κ1) is 17.9. The summed E-state index contributed by atoms with van der Waals surface area (Å²) in [5.41, 5.74) is 3.32. The van der Waals surface area contributed by atoms with Crippen molar-refractivity contribution < 1.29 is 14.3 Å². The van der Waals surface area contributed by atoms with E-state index in [9.17, 15) is 4.79 Å². The fourth-order valence-electron chi connectivity index (χ4n) is 2.28. The lowest BCUT2D eigenvalue weighted by molar-refractivity contribution is -0.114. The molecular weight excluding hydrogens is 328 g/mol. The molecule has 0 aromatic heterocycles. The van der Waals surface area contributed by atoms with Crippen LogP contribution in [0.4, 0.5) is 11.4 Å². The second kappa shape index (κ2) is 7.93. The van der Waals surface area contributed by atoms with Crippen LogP contribution in [-0.4, -0.2) is 26.7 Å². The zero-order valence-corrected chi connectivity index (χ0v) is 15.0. The van der Waals surface area contributed by atoms with Crippen molar-refractivity contribution in [3.8, 4) is 11.5 Å². The van der Waals surface area contributed by atoms with E-state index in [0.29, 0.717) is 22.2 Å². The van der Waals surface area contributed by atoms with Gasteiger partial charge in [0.2, 0.25) is 5.91 Å². The van der Waals surface area contributed by atoms with Gasteiger partial charge in [-0.2, -0.15) is 0 Å². The van der Waals surface area contributed by atoms with Crippen LogP contribution in [0.25, 0.3) is 0 Å². The van der Waals surface area contributed by atoms with Crippen LogP contribution in [0.1, 0.15) is 11.1 Å². The Morgan fingerprint density at radius 3 is 2.42 bits per heavy atom. The largest absolute Gasteiger partial charge is 0.493 e. The molecule has 0 atom stereocenters. The fraction of sp³-hybridized carbons (Fsp3) is 0.278. The number of aryl methyl sites for hydroxylation is 1. The molecule has 2 aromatic carbocycles. The Hall–Kier alpha value is -2.40. The van der Waals surface area contributed by atoms with Crippen LogP contribution in [0.15, 0.2) is 30.3 Å². The van der Waals surface area contributed by atoms with Gasteiger partial charge in [-0.05, 0) is 43.2 Å². The highest BCUT2D eigenvalue weighted by Gasteiger charge is 2.11. The molecule has 24 heavy (non-hydrogen) atoms. The van der Waals surface area contributed by atoms with E-state index in [4.69, 9.17) is 21.1 Å². The lowest BCUT2D eigenvalue weighted by Gasteiger charge is -2.15. The number of methoxy groups -OCH3 is 2. The molecule has 2 aromatic rings. The predicted molar refractivity (Wildman–Crippen MR) is 97.6 cm³/mol. The maximum Gasteiger partial charge on any atom is 0.243 e. The number of hydrogen-bond acceptors (Lipinski definition) is 4. The molecule has 0 aliphatic heterocycles. The minimum absolute atomic E-state index is 0.127. The van der Waals surface area contributed by atoms with E-state index >= 15 is 0 Å². The van der Waals surface area contributed by atoms with Crippen molar-refractivity contribution in [3.63, 3.8) is 0 Å². The van der Waals surface area contributed by atoms with E-state index in [-0.39, 0.29) is 12.5 Å². The Labute approximate surface area is 146 Å². The summed E-state index contributed by atoms with van der Waals surface area (Å²) < 4.78 is 10.5. The highest BCUT2D eigenvalue weighted by molar-refractivity contribution is 6.31. The van der Waals surface area contributed by atoms with Gasteiger partial charge in [-0.15, -0.1) is 0 Å². The van der Waals surface area contributed by atoms with Crippen molar-refractivity contribution in [1.29, 1.82) is 0 Å². The quantitative estimate of drug-likeness (QED) is 0.827. The van der Waals surface area contributed by atoms with Crippen LogP contribution in [0, 0.1) is 13.8 Å². The summed E-state index contributed by atoms with van der Waals surface area (Å²) in [6.45, 7) is 3.93. The van der Waals surface area contributed by atoms with Gasteiger partial charge >= 0.3 is 0 Å². The molecule has 0 aliphatic carbocycles. The van der Waals surface area contributed by atoms with Gasteiger partial charge < -0.3 is 20.1 Å². The molecule has 5 nitrogen and oxygen atoms in total. The number of carbonyl (C=O) groups is 1.